The van der Waals surface area contributed by atoms with E-state index in [1.807, 2.05) is 34.5 Å². The molecule has 0 spiro atoms. The Morgan fingerprint density at radius 1 is 1.13 bits per heavy atom. The van der Waals surface area contributed by atoms with Crippen molar-refractivity contribution in [1.82, 2.24) is 14.9 Å². The van der Waals surface area contributed by atoms with Crippen LogP contribution >= 0.6 is 22.9 Å². The molecule has 0 radical (unpaired) electrons. The summed E-state index contributed by atoms with van der Waals surface area (Å²) in [6.07, 6.45) is 1.49. The van der Waals surface area contributed by atoms with Gasteiger partial charge in [-0.05, 0) is 29.8 Å². The van der Waals surface area contributed by atoms with Crippen molar-refractivity contribution in [3.05, 3.63) is 69.2 Å². The van der Waals surface area contributed by atoms with E-state index in [1.54, 1.807) is 17.0 Å². The van der Waals surface area contributed by atoms with Crippen molar-refractivity contribution in [2.45, 2.75) is 0 Å². The minimum absolute atomic E-state index is 0.126. The van der Waals surface area contributed by atoms with Crippen LogP contribution in [0.2, 0.25) is 5.02 Å². The minimum Gasteiger partial charge on any atom is -0.459 e. The van der Waals surface area contributed by atoms with Gasteiger partial charge in [0.2, 0.25) is 5.95 Å². The monoisotopic (exact) mass is 440 g/mol. The molecule has 1 aliphatic rings. The summed E-state index contributed by atoms with van der Waals surface area (Å²) in [6.45, 7) is 2.19. The Labute approximate surface area is 180 Å². The van der Waals surface area contributed by atoms with Crippen molar-refractivity contribution in [2.75, 3.05) is 31.1 Å². The molecule has 5 rings (SSSR count). The second kappa shape index (κ2) is 7.62. The van der Waals surface area contributed by atoms with E-state index in [9.17, 15) is 9.59 Å². The number of rotatable bonds is 3. The van der Waals surface area contributed by atoms with Crippen molar-refractivity contribution < 1.29 is 9.21 Å². The number of halogens is 1. The Hall–Kier alpha value is -3.10. The quantitative estimate of drug-likeness (QED) is 0.523. The molecule has 152 valence electrons. The largest absolute Gasteiger partial charge is 0.459 e. The number of hydrogen-bond acceptors (Lipinski definition) is 6. The van der Waals surface area contributed by atoms with Crippen LogP contribution in [0.1, 0.15) is 10.6 Å². The molecule has 1 amide bonds. The van der Waals surface area contributed by atoms with E-state index in [2.05, 4.69) is 4.98 Å². The summed E-state index contributed by atoms with van der Waals surface area (Å²) in [5.41, 5.74) is 2.39. The normalized spacial score (nSPS) is 14.4. The molecule has 9 heteroatoms. The topological polar surface area (TPSA) is 82.4 Å². The fraction of sp³-hybridized carbons (Fsp3) is 0.190. The lowest BCUT2D eigenvalue weighted by Crippen LogP contribution is -2.49. The molecule has 0 aliphatic carbocycles. The van der Waals surface area contributed by atoms with Crippen LogP contribution in [0.15, 0.2) is 57.3 Å². The van der Waals surface area contributed by atoms with Crippen LogP contribution in [0.3, 0.4) is 0 Å². The molecule has 3 aromatic heterocycles. The molecule has 1 fully saturated rings. The molecular formula is C21H17ClN4O3S. The lowest BCUT2D eigenvalue weighted by atomic mass is 10.1. The number of thiophene rings is 1. The fourth-order valence-electron chi connectivity index (χ4n) is 3.58. The summed E-state index contributed by atoms with van der Waals surface area (Å²) in [5, 5.41) is 2.60. The number of hydrogen-bond donors (Lipinski definition) is 1. The van der Waals surface area contributed by atoms with E-state index >= 15 is 0 Å². The van der Waals surface area contributed by atoms with E-state index in [4.69, 9.17) is 21.0 Å². The average molecular weight is 441 g/mol. The molecule has 1 aliphatic heterocycles. The highest BCUT2D eigenvalue weighted by Gasteiger charge is 2.25. The van der Waals surface area contributed by atoms with Gasteiger partial charge in [0.1, 0.15) is 4.70 Å². The fourth-order valence-corrected chi connectivity index (χ4v) is 4.61. The minimum atomic E-state index is -0.158. The molecule has 7 nitrogen and oxygen atoms in total. The summed E-state index contributed by atoms with van der Waals surface area (Å²) in [7, 11) is 0. The van der Waals surface area contributed by atoms with Gasteiger partial charge in [-0.1, -0.05) is 23.7 Å². The van der Waals surface area contributed by atoms with Gasteiger partial charge in [0.05, 0.1) is 11.8 Å². The number of benzene rings is 1. The van der Waals surface area contributed by atoms with E-state index in [-0.39, 0.29) is 11.5 Å². The van der Waals surface area contributed by atoms with E-state index < -0.39 is 0 Å². The first kappa shape index (κ1) is 18.9. The maximum absolute atomic E-state index is 12.7. The van der Waals surface area contributed by atoms with Crippen LogP contribution in [0, 0.1) is 0 Å². The van der Waals surface area contributed by atoms with Gasteiger partial charge in [-0.2, -0.15) is 0 Å². The molecule has 1 aromatic carbocycles. The maximum atomic E-state index is 12.7. The number of anilines is 1. The standard InChI is InChI=1S/C21H17ClN4O3S/c22-14-5-3-13(4-6-14)15-12-30-18-17(15)23-21(24-19(18)27)26-9-7-25(8-10-26)20(28)16-2-1-11-29-16/h1-6,11-12H,7-10H2,(H,23,24,27). The van der Waals surface area contributed by atoms with Crippen LogP contribution in [0.4, 0.5) is 5.95 Å². The second-order valence-corrected chi connectivity index (χ2v) is 8.30. The molecular weight excluding hydrogens is 424 g/mol. The number of furan rings is 1. The van der Waals surface area contributed by atoms with Crippen molar-refractivity contribution in [1.29, 1.82) is 0 Å². The number of nitrogens with one attached hydrogen (secondary N) is 1. The number of aromatic amines is 1. The zero-order valence-electron chi connectivity index (χ0n) is 15.8. The Bertz CT molecular complexity index is 1260. The van der Waals surface area contributed by atoms with E-state index in [0.29, 0.717) is 53.1 Å². The summed E-state index contributed by atoms with van der Waals surface area (Å²) >= 11 is 7.38. The number of fused-ring (bicyclic) bond motifs is 1. The van der Waals surface area contributed by atoms with Crippen LogP contribution in [-0.4, -0.2) is 47.0 Å². The molecule has 1 saturated heterocycles. The van der Waals surface area contributed by atoms with Gasteiger partial charge in [0, 0.05) is 42.1 Å². The number of piperazine rings is 1. The first-order valence-electron chi connectivity index (χ1n) is 9.45. The van der Waals surface area contributed by atoms with Crippen LogP contribution in [0.5, 0.6) is 0 Å². The summed E-state index contributed by atoms with van der Waals surface area (Å²) in [5.74, 6) is 0.730. The molecule has 4 aromatic rings. The first-order chi connectivity index (χ1) is 14.6. The Kier molecular flexibility index (Phi) is 4.80. The predicted octanol–water partition coefficient (Wildman–Crippen LogP) is 3.86. The molecule has 0 atom stereocenters. The van der Waals surface area contributed by atoms with Gasteiger partial charge in [0.15, 0.2) is 5.76 Å². The van der Waals surface area contributed by atoms with Crippen LogP contribution < -0.4 is 10.5 Å². The van der Waals surface area contributed by atoms with Gasteiger partial charge in [-0.25, -0.2) is 4.98 Å². The van der Waals surface area contributed by atoms with Crippen LogP contribution in [-0.2, 0) is 0 Å². The van der Waals surface area contributed by atoms with Crippen molar-refractivity contribution in [3.8, 4) is 11.1 Å². The number of carbonyl (C=O) groups excluding carboxylic acids is 1. The second-order valence-electron chi connectivity index (χ2n) is 6.98. The lowest BCUT2D eigenvalue weighted by Gasteiger charge is -2.34. The zero-order valence-corrected chi connectivity index (χ0v) is 17.4. The summed E-state index contributed by atoms with van der Waals surface area (Å²) < 4.78 is 5.80. The first-order valence-corrected chi connectivity index (χ1v) is 10.7. The summed E-state index contributed by atoms with van der Waals surface area (Å²) in [6, 6.07) is 10.9. The summed E-state index contributed by atoms with van der Waals surface area (Å²) in [4.78, 5) is 36.5. The third-order valence-corrected chi connectivity index (χ3v) is 6.39. The Balaban J connectivity index is 1.41. The SMILES string of the molecule is O=C(c1ccco1)N1CCN(c2nc3c(-c4ccc(Cl)cc4)csc3c(=O)[nH]2)CC1. The third kappa shape index (κ3) is 3.38. The number of nitrogens with zero attached hydrogens (tertiary/aromatic N) is 3. The predicted molar refractivity (Wildman–Crippen MR) is 118 cm³/mol. The van der Waals surface area contributed by atoms with Gasteiger partial charge in [0.25, 0.3) is 11.5 Å². The highest BCUT2D eigenvalue weighted by molar-refractivity contribution is 7.17. The highest BCUT2D eigenvalue weighted by atomic mass is 35.5. The molecule has 30 heavy (non-hydrogen) atoms. The van der Waals surface area contributed by atoms with Crippen LogP contribution in [0.25, 0.3) is 21.3 Å². The van der Waals surface area contributed by atoms with Gasteiger partial charge < -0.3 is 14.2 Å². The molecule has 0 bridgehead atoms. The maximum Gasteiger partial charge on any atom is 0.289 e. The average Bonchev–Trinajstić information content (AvgIpc) is 3.44. The van der Waals surface area contributed by atoms with Crippen molar-refractivity contribution >= 4 is 45.0 Å². The van der Waals surface area contributed by atoms with E-state index in [0.717, 1.165) is 11.1 Å². The lowest BCUT2D eigenvalue weighted by molar-refractivity contribution is 0.0714. The van der Waals surface area contributed by atoms with Gasteiger partial charge in [-0.15, -0.1) is 11.3 Å². The smallest absolute Gasteiger partial charge is 0.289 e. The Morgan fingerprint density at radius 3 is 2.60 bits per heavy atom. The molecule has 4 heterocycles. The molecule has 0 unspecified atom stereocenters. The number of amides is 1. The number of carbonyl (C=O) groups is 1. The molecule has 1 N–H and O–H groups in total. The number of aromatic nitrogens is 2. The van der Waals surface area contributed by atoms with Crippen molar-refractivity contribution in [2.24, 2.45) is 0 Å². The highest BCUT2D eigenvalue weighted by Crippen LogP contribution is 2.32. The van der Waals surface area contributed by atoms with Gasteiger partial charge >= 0.3 is 0 Å². The number of H-pyrrole nitrogens is 1. The van der Waals surface area contributed by atoms with Crippen molar-refractivity contribution in [3.63, 3.8) is 0 Å². The van der Waals surface area contributed by atoms with Gasteiger partial charge in [-0.3, -0.25) is 14.6 Å². The van der Waals surface area contributed by atoms with E-state index in [1.165, 1.54) is 17.6 Å². The third-order valence-electron chi connectivity index (χ3n) is 5.17. The zero-order chi connectivity index (χ0) is 20.7. The Morgan fingerprint density at radius 2 is 1.90 bits per heavy atom. The molecule has 0 saturated carbocycles.